The number of hydrogen-bond acceptors (Lipinski definition) is 0. The fourth-order valence-corrected chi connectivity index (χ4v) is 1.23. The van der Waals surface area contributed by atoms with Gasteiger partial charge in [-0.3, -0.25) is 0 Å². The maximum Gasteiger partial charge on any atom is 0.131 e. The van der Waals surface area contributed by atoms with E-state index in [4.69, 9.17) is 11.6 Å². The molecule has 1 rings (SSSR count). The highest BCUT2D eigenvalue weighted by Crippen LogP contribution is 2.16. The lowest BCUT2D eigenvalue weighted by atomic mass is 10.2. The van der Waals surface area contributed by atoms with Gasteiger partial charge in [-0.2, -0.15) is 0 Å². The van der Waals surface area contributed by atoms with Crippen LogP contribution in [0.1, 0.15) is 5.56 Å². The van der Waals surface area contributed by atoms with Crippen molar-refractivity contribution in [3.8, 4) is 0 Å². The smallest absolute Gasteiger partial charge is 0.131 e. The van der Waals surface area contributed by atoms with Gasteiger partial charge < -0.3 is 0 Å². The molecule has 0 aliphatic heterocycles. The lowest BCUT2D eigenvalue weighted by molar-refractivity contribution is 0.624. The molecule has 0 fully saturated rings. The van der Waals surface area contributed by atoms with E-state index in [0.29, 0.717) is 11.4 Å². The molecule has 1 aromatic rings. The number of halogens is 3. The molecular formula is C9H7BrClF. The first-order valence-corrected chi connectivity index (χ1v) is 4.74. The van der Waals surface area contributed by atoms with Gasteiger partial charge in [0.1, 0.15) is 5.82 Å². The van der Waals surface area contributed by atoms with Crippen molar-refractivity contribution in [3.63, 3.8) is 0 Å². The van der Waals surface area contributed by atoms with E-state index in [2.05, 4.69) is 15.9 Å². The maximum atomic E-state index is 13.0. The van der Waals surface area contributed by atoms with Gasteiger partial charge in [-0.05, 0) is 12.1 Å². The Hall–Kier alpha value is -0.340. The average molecular weight is 250 g/mol. The van der Waals surface area contributed by atoms with Crippen molar-refractivity contribution in [1.82, 2.24) is 0 Å². The van der Waals surface area contributed by atoms with E-state index in [1.165, 1.54) is 6.07 Å². The summed E-state index contributed by atoms with van der Waals surface area (Å²) in [6.45, 7) is 0. The molecule has 0 radical (unpaired) electrons. The number of alkyl halides is 1. The number of benzene rings is 1. The lowest BCUT2D eigenvalue weighted by Crippen LogP contribution is -1.80. The Labute approximate surface area is 84.2 Å². The topological polar surface area (TPSA) is 0 Å². The van der Waals surface area contributed by atoms with Crippen LogP contribution >= 0.6 is 27.5 Å². The SMILES string of the molecule is Fc1cc(Br)ccc1C=CCCl. The molecule has 0 saturated carbocycles. The molecule has 0 N–H and O–H groups in total. The predicted molar refractivity (Wildman–Crippen MR) is 53.9 cm³/mol. The zero-order valence-corrected chi connectivity index (χ0v) is 8.57. The lowest BCUT2D eigenvalue weighted by Gasteiger charge is -1.96. The first-order valence-electron chi connectivity index (χ1n) is 3.41. The summed E-state index contributed by atoms with van der Waals surface area (Å²) < 4.78 is 13.8. The molecular weight excluding hydrogens is 242 g/mol. The summed E-state index contributed by atoms with van der Waals surface area (Å²) in [5.74, 6) is 0.154. The summed E-state index contributed by atoms with van der Waals surface area (Å²) in [5, 5.41) is 0. The van der Waals surface area contributed by atoms with Gasteiger partial charge >= 0.3 is 0 Å². The highest BCUT2D eigenvalue weighted by molar-refractivity contribution is 9.10. The van der Waals surface area contributed by atoms with Crippen LogP contribution in [-0.4, -0.2) is 5.88 Å². The van der Waals surface area contributed by atoms with Crippen molar-refractivity contribution < 1.29 is 4.39 Å². The van der Waals surface area contributed by atoms with Crippen molar-refractivity contribution >= 4 is 33.6 Å². The summed E-state index contributed by atoms with van der Waals surface area (Å²) in [6, 6.07) is 4.91. The van der Waals surface area contributed by atoms with Gasteiger partial charge in [-0.15, -0.1) is 11.6 Å². The van der Waals surface area contributed by atoms with Gasteiger partial charge in [0.05, 0.1) is 0 Å². The minimum Gasteiger partial charge on any atom is -0.206 e. The summed E-state index contributed by atoms with van der Waals surface area (Å²) in [4.78, 5) is 0. The molecule has 0 saturated heterocycles. The molecule has 0 aromatic heterocycles. The van der Waals surface area contributed by atoms with Gasteiger partial charge in [0.25, 0.3) is 0 Å². The monoisotopic (exact) mass is 248 g/mol. The van der Waals surface area contributed by atoms with Crippen LogP contribution in [0.15, 0.2) is 28.7 Å². The highest BCUT2D eigenvalue weighted by atomic mass is 79.9. The van der Waals surface area contributed by atoms with Crippen LogP contribution in [0, 0.1) is 5.82 Å². The van der Waals surface area contributed by atoms with Crippen LogP contribution in [0.3, 0.4) is 0 Å². The normalized spacial score (nSPS) is 10.9. The molecule has 0 aliphatic carbocycles. The molecule has 64 valence electrons. The molecule has 0 unspecified atom stereocenters. The van der Waals surface area contributed by atoms with Gasteiger partial charge in [0, 0.05) is 15.9 Å². The molecule has 0 bridgehead atoms. The van der Waals surface area contributed by atoms with E-state index < -0.39 is 0 Å². The molecule has 1 aromatic carbocycles. The molecule has 0 spiro atoms. The van der Waals surface area contributed by atoms with Crippen molar-refractivity contribution in [1.29, 1.82) is 0 Å². The van der Waals surface area contributed by atoms with E-state index >= 15 is 0 Å². The van der Waals surface area contributed by atoms with Crippen LogP contribution < -0.4 is 0 Å². The van der Waals surface area contributed by atoms with Crippen LogP contribution in [-0.2, 0) is 0 Å². The third-order valence-electron chi connectivity index (χ3n) is 1.35. The Bertz CT molecular complexity index is 297. The Morgan fingerprint density at radius 3 is 2.83 bits per heavy atom. The van der Waals surface area contributed by atoms with Crippen molar-refractivity contribution in [2.24, 2.45) is 0 Å². The van der Waals surface area contributed by atoms with Gasteiger partial charge in [-0.25, -0.2) is 4.39 Å². The minimum atomic E-state index is -0.245. The van der Waals surface area contributed by atoms with E-state index in [1.807, 2.05) is 0 Å². The van der Waals surface area contributed by atoms with Gasteiger partial charge in [0.2, 0.25) is 0 Å². The predicted octanol–water partition coefficient (Wildman–Crippen LogP) is 3.84. The van der Waals surface area contributed by atoms with Crippen LogP contribution in [0.4, 0.5) is 4.39 Å². The molecule has 0 atom stereocenters. The Kier molecular flexibility index (Phi) is 3.76. The summed E-state index contributed by atoms with van der Waals surface area (Å²) in [6.07, 6.45) is 3.36. The van der Waals surface area contributed by atoms with Crippen LogP contribution in [0.2, 0.25) is 0 Å². The van der Waals surface area contributed by atoms with E-state index in [1.54, 1.807) is 24.3 Å². The third-order valence-corrected chi connectivity index (χ3v) is 2.02. The van der Waals surface area contributed by atoms with E-state index in [0.717, 1.165) is 4.47 Å². The van der Waals surface area contributed by atoms with Crippen molar-refractivity contribution in [2.75, 3.05) is 5.88 Å². The van der Waals surface area contributed by atoms with Gasteiger partial charge in [0.15, 0.2) is 0 Å². The maximum absolute atomic E-state index is 13.0. The van der Waals surface area contributed by atoms with E-state index in [-0.39, 0.29) is 5.82 Å². The van der Waals surface area contributed by atoms with Crippen LogP contribution in [0.5, 0.6) is 0 Å². The molecule has 0 nitrogen and oxygen atoms in total. The Morgan fingerprint density at radius 1 is 1.50 bits per heavy atom. The molecule has 3 heteroatoms. The first kappa shape index (κ1) is 9.75. The number of hydrogen-bond donors (Lipinski definition) is 0. The van der Waals surface area contributed by atoms with Crippen LogP contribution in [0.25, 0.3) is 6.08 Å². The summed E-state index contributed by atoms with van der Waals surface area (Å²) in [7, 11) is 0. The fraction of sp³-hybridized carbons (Fsp3) is 0.111. The second-order valence-corrected chi connectivity index (χ2v) is 3.45. The largest absolute Gasteiger partial charge is 0.206 e. The van der Waals surface area contributed by atoms with Crippen molar-refractivity contribution in [2.45, 2.75) is 0 Å². The highest BCUT2D eigenvalue weighted by Gasteiger charge is 1.97. The second-order valence-electron chi connectivity index (χ2n) is 2.22. The summed E-state index contributed by atoms with van der Waals surface area (Å²) in [5.41, 5.74) is 0.554. The zero-order chi connectivity index (χ0) is 8.97. The molecule has 12 heavy (non-hydrogen) atoms. The fourth-order valence-electron chi connectivity index (χ4n) is 0.808. The Balaban J connectivity index is 2.94. The number of allylic oxidation sites excluding steroid dienone is 1. The first-order chi connectivity index (χ1) is 5.74. The molecule has 0 amide bonds. The van der Waals surface area contributed by atoms with Gasteiger partial charge in [-0.1, -0.05) is 34.1 Å². The Morgan fingerprint density at radius 2 is 2.25 bits per heavy atom. The quantitative estimate of drug-likeness (QED) is 0.699. The molecule has 0 heterocycles. The average Bonchev–Trinajstić information content (AvgIpc) is 2.03. The third kappa shape index (κ3) is 2.61. The standard InChI is InChI=1S/C9H7BrClF/c10-8-4-3-7(2-1-5-11)9(12)6-8/h1-4,6H,5H2. The zero-order valence-electron chi connectivity index (χ0n) is 6.23. The number of rotatable bonds is 2. The van der Waals surface area contributed by atoms with Crippen molar-refractivity contribution in [3.05, 3.63) is 40.1 Å². The minimum absolute atomic E-state index is 0.245. The summed E-state index contributed by atoms with van der Waals surface area (Å²) >= 11 is 8.59. The van der Waals surface area contributed by atoms with E-state index in [9.17, 15) is 4.39 Å². The second kappa shape index (κ2) is 4.63. The molecule has 0 aliphatic rings.